The van der Waals surface area contributed by atoms with Crippen LogP contribution in [-0.4, -0.2) is 49.7 Å². The number of aryl methyl sites for hydroxylation is 1. The summed E-state index contributed by atoms with van der Waals surface area (Å²) in [6.07, 6.45) is -2.28. The molecule has 1 saturated heterocycles. The fourth-order valence-electron chi connectivity index (χ4n) is 4.61. The molecule has 4 heterocycles. The minimum Gasteiger partial charge on any atom is -0.379 e. The van der Waals surface area contributed by atoms with E-state index in [2.05, 4.69) is 30.7 Å². The third-order valence-electron chi connectivity index (χ3n) is 6.60. The quantitative estimate of drug-likeness (QED) is 0.412. The predicted octanol–water partition coefficient (Wildman–Crippen LogP) is 3.95. The molecule has 35 heavy (non-hydrogen) atoms. The topological polar surface area (TPSA) is 93.5 Å². The maximum Gasteiger partial charge on any atom is 0.433 e. The molecule has 0 saturated carbocycles. The summed E-state index contributed by atoms with van der Waals surface area (Å²) in [6, 6.07) is 8.44. The Morgan fingerprint density at radius 2 is 2.06 bits per heavy atom. The summed E-state index contributed by atoms with van der Waals surface area (Å²) in [4.78, 5) is 3.94. The molecule has 0 aliphatic carbocycles. The number of benzene rings is 1. The Hall–Kier alpha value is -3.31. The number of fused-ring (bicyclic) bond motifs is 1. The number of aromatic nitrogens is 6. The molecule has 1 aliphatic rings. The highest BCUT2D eigenvalue weighted by molar-refractivity contribution is 5.94. The van der Waals surface area contributed by atoms with Gasteiger partial charge in [0.2, 0.25) is 0 Å². The first-order valence-electron chi connectivity index (χ1n) is 11.4. The Morgan fingerprint density at radius 3 is 2.69 bits per heavy atom. The van der Waals surface area contributed by atoms with Crippen LogP contribution in [0.4, 0.5) is 13.2 Å². The van der Waals surface area contributed by atoms with Crippen molar-refractivity contribution in [3.05, 3.63) is 59.4 Å². The summed E-state index contributed by atoms with van der Waals surface area (Å²) in [7, 11) is 1.90. The predicted molar refractivity (Wildman–Crippen MR) is 124 cm³/mol. The maximum atomic E-state index is 13.7. The smallest absolute Gasteiger partial charge is 0.379 e. The van der Waals surface area contributed by atoms with Gasteiger partial charge in [-0.25, -0.2) is 4.98 Å². The lowest BCUT2D eigenvalue weighted by Crippen LogP contribution is -2.49. The lowest BCUT2D eigenvalue weighted by atomic mass is 9.75. The van der Waals surface area contributed by atoms with Crippen LogP contribution in [0.25, 0.3) is 22.2 Å². The molecular weight excluding hydrogens is 459 g/mol. The average Bonchev–Trinajstić information content (AvgIpc) is 3.41. The molecule has 0 bridgehead atoms. The maximum absolute atomic E-state index is 13.7. The minimum absolute atomic E-state index is 0.285. The molecule has 3 aromatic heterocycles. The molecule has 1 fully saturated rings. The van der Waals surface area contributed by atoms with E-state index < -0.39 is 11.9 Å². The summed E-state index contributed by atoms with van der Waals surface area (Å²) in [5.41, 5.74) is 1.76. The first-order chi connectivity index (χ1) is 16.7. The van der Waals surface area contributed by atoms with E-state index in [-0.39, 0.29) is 17.2 Å². The van der Waals surface area contributed by atoms with Gasteiger partial charge in [0.05, 0.1) is 24.4 Å². The number of alkyl halides is 3. The number of nitrogens with zero attached hydrogens (tertiary/aromatic N) is 5. The molecule has 0 radical (unpaired) electrons. The summed E-state index contributed by atoms with van der Waals surface area (Å²) in [6.45, 7) is 5.33. The van der Waals surface area contributed by atoms with Crippen molar-refractivity contribution in [3.8, 4) is 11.3 Å². The van der Waals surface area contributed by atoms with Crippen molar-refractivity contribution in [2.45, 2.75) is 37.9 Å². The standard InChI is InChI=1S/C24H26F3N7O/c1-4-28-14(2)20-22-17(9-18(30-20)24(25,26)27)21(32-33-22)15-6-5-7-16(8-15)23(11-35-12-23)10-19-31-29-13-34(19)3/h5-9,13-14,28H,4,10-12H2,1-3H3,(H,32,33)/t14-/m1/s1. The molecule has 1 aromatic carbocycles. The summed E-state index contributed by atoms with van der Waals surface area (Å²) >= 11 is 0. The highest BCUT2D eigenvalue weighted by Crippen LogP contribution is 2.39. The lowest BCUT2D eigenvalue weighted by molar-refractivity contribution is -0.141. The van der Waals surface area contributed by atoms with Gasteiger partial charge in [0.25, 0.3) is 0 Å². The van der Waals surface area contributed by atoms with E-state index in [4.69, 9.17) is 4.74 Å². The second-order valence-corrected chi connectivity index (χ2v) is 9.05. The highest BCUT2D eigenvalue weighted by atomic mass is 19.4. The third-order valence-corrected chi connectivity index (χ3v) is 6.60. The molecule has 0 spiro atoms. The minimum atomic E-state index is -4.57. The van der Waals surface area contributed by atoms with Gasteiger partial charge in [-0.05, 0) is 31.2 Å². The number of hydrogen-bond acceptors (Lipinski definition) is 6. The van der Waals surface area contributed by atoms with Gasteiger partial charge < -0.3 is 14.6 Å². The van der Waals surface area contributed by atoms with E-state index in [1.54, 1.807) is 13.3 Å². The van der Waals surface area contributed by atoms with Crippen LogP contribution < -0.4 is 5.32 Å². The number of halogens is 3. The first-order valence-corrected chi connectivity index (χ1v) is 11.4. The van der Waals surface area contributed by atoms with Crippen molar-refractivity contribution in [3.63, 3.8) is 0 Å². The van der Waals surface area contributed by atoms with Crippen LogP contribution in [0.15, 0.2) is 36.7 Å². The molecule has 2 N–H and O–H groups in total. The molecular formula is C24H26F3N7O. The number of H-pyrrole nitrogens is 1. The van der Waals surface area contributed by atoms with Crippen molar-refractivity contribution in [2.75, 3.05) is 19.8 Å². The van der Waals surface area contributed by atoms with Crippen LogP contribution in [0.5, 0.6) is 0 Å². The van der Waals surface area contributed by atoms with Crippen LogP contribution in [0.2, 0.25) is 0 Å². The Labute approximate surface area is 199 Å². The largest absolute Gasteiger partial charge is 0.433 e. The SMILES string of the molecule is CCN[C@H](C)c1nc(C(F)(F)F)cc2c(-c3cccc(C4(Cc5nncn5C)COC4)c3)n[nH]c12. The van der Waals surface area contributed by atoms with Crippen molar-refractivity contribution in [1.29, 1.82) is 0 Å². The highest BCUT2D eigenvalue weighted by Gasteiger charge is 2.42. The summed E-state index contributed by atoms with van der Waals surface area (Å²) in [5.74, 6) is 0.840. The van der Waals surface area contributed by atoms with Crippen molar-refractivity contribution in [2.24, 2.45) is 7.05 Å². The van der Waals surface area contributed by atoms with E-state index in [0.29, 0.717) is 42.8 Å². The fraction of sp³-hybridized carbons (Fsp3) is 0.417. The van der Waals surface area contributed by atoms with Crippen molar-refractivity contribution < 1.29 is 17.9 Å². The zero-order valence-electron chi connectivity index (χ0n) is 19.6. The Kier molecular flexibility index (Phi) is 5.84. The normalized spacial score (nSPS) is 16.4. The van der Waals surface area contributed by atoms with Gasteiger partial charge in [-0.15, -0.1) is 10.2 Å². The molecule has 184 valence electrons. The van der Waals surface area contributed by atoms with E-state index in [9.17, 15) is 13.2 Å². The molecule has 5 rings (SSSR count). The van der Waals surface area contributed by atoms with E-state index in [1.165, 1.54) is 0 Å². The van der Waals surface area contributed by atoms with Crippen LogP contribution in [-0.2, 0) is 29.8 Å². The zero-order chi connectivity index (χ0) is 24.8. The van der Waals surface area contributed by atoms with Gasteiger partial charge in [-0.3, -0.25) is 5.10 Å². The third kappa shape index (κ3) is 4.19. The van der Waals surface area contributed by atoms with Gasteiger partial charge in [0.1, 0.15) is 23.5 Å². The summed E-state index contributed by atoms with van der Waals surface area (Å²) in [5, 5.41) is 19.1. The van der Waals surface area contributed by atoms with Crippen LogP contribution in [0, 0.1) is 0 Å². The van der Waals surface area contributed by atoms with Gasteiger partial charge >= 0.3 is 6.18 Å². The van der Waals surface area contributed by atoms with Gasteiger partial charge in [0.15, 0.2) is 0 Å². The molecule has 1 aliphatic heterocycles. The van der Waals surface area contributed by atoms with Crippen LogP contribution in [0.3, 0.4) is 0 Å². The number of nitrogens with one attached hydrogen (secondary N) is 2. The molecule has 1 atom stereocenters. The van der Waals surface area contributed by atoms with Gasteiger partial charge in [-0.2, -0.15) is 18.3 Å². The number of ether oxygens (including phenoxy) is 1. The van der Waals surface area contributed by atoms with Crippen molar-refractivity contribution in [1.82, 2.24) is 35.3 Å². The molecule has 11 heteroatoms. The molecule has 0 unspecified atom stereocenters. The molecule has 8 nitrogen and oxygen atoms in total. The Bertz CT molecular complexity index is 1360. The lowest BCUT2D eigenvalue weighted by Gasteiger charge is -2.41. The summed E-state index contributed by atoms with van der Waals surface area (Å²) < 4.78 is 48.7. The zero-order valence-corrected chi connectivity index (χ0v) is 19.6. The second-order valence-electron chi connectivity index (χ2n) is 9.05. The van der Waals surface area contributed by atoms with E-state index in [0.717, 1.165) is 23.0 Å². The van der Waals surface area contributed by atoms with Crippen LogP contribution >= 0.6 is 0 Å². The first kappa shape index (κ1) is 23.4. The second kappa shape index (κ2) is 8.72. The molecule has 4 aromatic rings. The number of aromatic amines is 1. The van der Waals surface area contributed by atoms with E-state index in [1.807, 2.05) is 42.8 Å². The number of hydrogen-bond donors (Lipinski definition) is 2. The van der Waals surface area contributed by atoms with E-state index >= 15 is 0 Å². The Morgan fingerprint density at radius 1 is 1.26 bits per heavy atom. The Balaban J connectivity index is 1.60. The van der Waals surface area contributed by atoms with Crippen molar-refractivity contribution >= 4 is 10.9 Å². The van der Waals surface area contributed by atoms with Gasteiger partial charge in [0, 0.05) is 35.9 Å². The number of pyridine rings is 1. The van der Waals surface area contributed by atoms with Gasteiger partial charge in [-0.1, -0.05) is 25.1 Å². The molecule has 0 amide bonds. The monoisotopic (exact) mass is 485 g/mol. The average molecular weight is 486 g/mol. The fourth-order valence-corrected chi connectivity index (χ4v) is 4.61. The number of rotatable bonds is 7. The van der Waals surface area contributed by atoms with Crippen LogP contribution in [0.1, 0.15) is 42.7 Å².